The van der Waals surface area contributed by atoms with E-state index in [1.807, 2.05) is 29.9 Å². The largest absolute Gasteiger partial charge is 0.378 e. The van der Waals surface area contributed by atoms with Crippen LogP contribution in [-0.2, 0) is 13.6 Å². The Bertz CT molecular complexity index is 845. The fourth-order valence-electron chi connectivity index (χ4n) is 2.33. The molecule has 0 radical (unpaired) electrons. The van der Waals surface area contributed by atoms with E-state index in [1.165, 1.54) is 0 Å². The average Bonchev–Trinajstić information content (AvgIpc) is 2.83. The van der Waals surface area contributed by atoms with E-state index in [1.54, 1.807) is 12.1 Å². The summed E-state index contributed by atoms with van der Waals surface area (Å²) in [6.07, 6.45) is 0. The van der Waals surface area contributed by atoms with Crippen molar-refractivity contribution in [1.29, 1.82) is 5.26 Å². The molecule has 4 nitrogen and oxygen atoms in total. The molecule has 0 bridgehead atoms. The second-order valence-corrected chi connectivity index (χ2v) is 5.60. The van der Waals surface area contributed by atoms with Crippen molar-refractivity contribution in [1.82, 2.24) is 9.78 Å². The van der Waals surface area contributed by atoms with Crippen molar-refractivity contribution in [3.63, 3.8) is 0 Å². The van der Waals surface area contributed by atoms with Crippen molar-refractivity contribution in [2.45, 2.75) is 6.54 Å². The smallest absolute Gasteiger partial charge is 0.0992 e. The van der Waals surface area contributed by atoms with Gasteiger partial charge in [-0.3, -0.25) is 4.68 Å². The summed E-state index contributed by atoms with van der Waals surface area (Å²) in [5.41, 5.74) is 3.71. The van der Waals surface area contributed by atoms with Gasteiger partial charge in [0.15, 0.2) is 0 Å². The van der Waals surface area contributed by atoms with Gasteiger partial charge < -0.3 is 5.32 Å². The van der Waals surface area contributed by atoms with E-state index in [0.29, 0.717) is 12.1 Å². The molecule has 0 saturated carbocycles. The monoisotopic (exact) mass is 340 g/mol. The van der Waals surface area contributed by atoms with Gasteiger partial charge in [-0.1, -0.05) is 18.2 Å². The Balaban J connectivity index is 1.86. The molecule has 0 aliphatic heterocycles. The Morgan fingerprint density at radius 2 is 2.10 bits per heavy atom. The third kappa shape index (κ3) is 2.63. The van der Waals surface area contributed by atoms with Crippen LogP contribution in [0.4, 0.5) is 5.69 Å². The summed E-state index contributed by atoms with van der Waals surface area (Å²) in [6.45, 7) is 0.631. The summed E-state index contributed by atoms with van der Waals surface area (Å²) in [7, 11) is 1.95. The van der Waals surface area contributed by atoms with Crippen molar-refractivity contribution >= 4 is 32.5 Å². The van der Waals surface area contributed by atoms with Crippen LogP contribution in [0.15, 0.2) is 46.9 Å². The van der Waals surface area contributed by atoms with Crippen molar-refractivity contribution < 1.29 is 0 Å². The van der Waals surface area contributed by atoms with E-state index >= 15 is 0 Å². The number of benzene rings is 2. The maximum absolute atomic E-state index is 8.88. The highest BCUT2D eigenvalue weighted by atomic mass is 79.9. The lowest BCUT2D eigenvalue weighted by atomic mass is 10.2. The Labute approximate surface area is 131 Å². The molecule has 0 fully saturated rings. The number of para-hydroxylation sites is 1. The number of fused-ring (bicyclic) bond motifs is 1. The molecule has 0 unspecified atom stereocenters. The lowest BCUT2D eigenvalue weighted by Gasteiger charge is -2.07. The molecule has 1 heterocycles. The molecule has 0 aliphatic carbocycles. The molecule has 0 saturated heterocycles. The first kappa shape index (κ1) is 13.7. The molecule has 104 valence electrons. The predicted molar refractivity (Wildman–Crippen MR) is 86.9 cm³/mol. The molecule has 0 atom stereocenters. The normalized spacial score (nSPS) is 10.5. The topological polar surface area (TPSA) is 53.6 Å². The molecular weight excluding hydrogens is 328 g/mol. The molecular formula is C16H13BrN4. The van der Waals surface area contributed by atoms with Gasteiger partial charge in [-0.05, 0) is 40.2 Å². The van der Waals surface area contributed by atoms with Gasteiger partial charge in [-0.25, -0.2) is 0 Å². The van der Waals surface area contributed by atoms with Crippen molar-refractivity contribution in [3.8, 4) is 6.07 Å². The van der Waals surface area contributed by atoms with Crippen LogP contribution in [0, 0.1) is 11.3 Å². The number of anilines is 1. The molecule has 0 amide bonds. The minimum Gasteiger partial charge on any atom is -0.378 e. The van der Waals surface area contributed by atoms with E-state index in [2.05, 4.69) is 44.5 Å². The minimum absolute atomic E-state index is 0.631. The van der Waals surface area contributed by atoms with E-state index in [0.717, 1.165) is 26.8 Å². The average molecular weight is 341 g/mol. The van der Waals surface area contributed by atoms with Gasteiger partial charge >= 0.3 is 0 Å². The third-order valence-corrected chi connectivity index (χ3v) is 4.03. The SMILES string of the molecule is Cn1nc(CNc2ccc(C#N)cc2Br)c2ccccc21. The van der Waals surface area contributed by atoms with E-state index in [9.17, 15) is 0 Å². The van der Waals surface area contributed by atoms with E-state index in [-0.39, 0.29) is 0 Å². The van der Waals surface area contributed by atoms with Crippen molar-refractivity contribution in [2.75, 3.05) is 5.32 Å². The summed E-state index contributed by atoms with van der Waals surface area (Å²) in [5, 5.41) is 17.9. The maximum Gasteiger partial charge on any atom is 0.0992 e. The first-order valence-electron chi connectivity index (χ1n) is 6.53. The Kier molecular flexibility index (Phi) is 3.63. The minimum atomic E-state index is 0.631. The molecule has 3 aromatic rings. The molecule has 0 spiro atoms. The van der Waals surface area contributed by atoms with Crippen LogP contribution in [0.5, 0.6) is 0 Å². The van der Waals surface area contributed by atoms with Gasteiger partial charge in [0.2, 0.25) is 0 Å². The van der Waals surface area contributed by atoms with Gasteiger partial charge in [0, 0.05) is 22.6 Å². The Morgan fingerprint density at radius 3 is 2.86 bits per heavy atom. The zero-order valence-electron chi connectivity index (χ0n) is 11.5. The number of nitriles is 1. The summed E-state index contributed by atoms with van der Waals surface area (Å²) >= 11 is 3.48. The van der Waals surface area contributed by atoms with Crippen LogP contribution in [0.3, 0.4) is 0 Å². The van der Waals surface area contributed by atoms with Crippen LogP contribution in [0.25, 0.3) is 10.9 Å². The van der Waals surface area contributed by atoms with Crippen LogP contribution in [0.1, 0.15) is 11.3 Å². The van der Waals surface area contributed by atoms with Gasteiger partial charge in [0.05, 0.1) is 29.4 Å². The molecule has 5 heteroatoms. The molecule has 0 aliphatic rings. The highest BCUT2D eigenvalue weighted by Gasteiger charge is 2.08. The zero-order valence-corrected chi connectivity index (χ0v) is 13.1. The van der Waals surface area contributed by atoms with Gasteiger partial charge in [0.1, 0.15) is 0 Å². The van der Waals surface area contributed by atoms with E-state index < -0.39 is 0 Å². The number of aromatic nitrogens is 2. The highest BCUT2D eigenvalue weighted by Crippen LogP contribution is 2.25. The summed E-state index contributed by atoms with van der Waals surface area (Å²) in [4.78, 5) is 0. The molecule has 2 aromatic carbocycles. The van der Waals surface area contributed by atoms with Crippen LogP contribution < -0.4 is 5.32 Å². The molecule has 1 aromatic heterocycles. The Morgan fingerprint density at radius 1 is 1.29 bits per heavy atom. The molecule has 3 rings (SSSR count). The van der Waals surface area contributed by atoms with Gasteiger partial charge in [-0.2, -0.15) is 10.4 Å². The third-order valence-electron chi connectivity index (χ3n) is 3.38. The van der Waals surface area contributed by atoms with Gasteiger partial charge in [-0.15, -0.1) is 0 Å². The quantitative estimate of drug-likeness (QED) is 0.788. The maximum atomic E-state index is 8.88. The summed E-state index contributed by atoms with van der Waals surface area (Å²) in [6, 6.07) is 15.8. The van der Waals surface area contributed by atoms with Gasteiger partial charge in [0.25, 0.3) is 0 Å². The van der Waals surface area contributed by atoms with Crippen molar-refractivity contribution in [2.24, 2.45) is 7.05 Å². The highest BCUT2D eigenvalue weighted by molar-refractivity contribution is 9.10. The second-order valence-electron chi connectivity index (χ2n) is 4.75. The van der Waals surface area contributed by atoms with Crippen molar-refractivity contribution in [3.05, 3.63) is 58.2 Å². The number of halogens is 1. The predicted octanol–water partition coefficient (Wildman–Crippen LogP) is 3.82. The first-order chi connectivity index (χ1) is 10.2. The fraction of sp³-hybridized carbons (Fsp3) is 0.125. The number of hydrogen-bond acceptors (Lipinski definition) is 3. The fourth-order valence-corrected chi connectivity index (χ4v) is 2.85. The standard InChI is InChI=1S/C16H13BrN4/c1-21-16-5-3-2-4-12(16)15(20-21)10-19-14-7-6-11(9-18)8-13(14)17/h2-8,19H,10H2,1H3. The number of aryl methyl sites for hydroxylation is 1. The zero-order chi connectivity index (χ0) is 14.8. The molecule has 1 N–H and O–H groups in total. The Hall–Kier alpha value is -2.32. The number of rotatable bonds is 3. The first-order valence-corrected chi connectivity index (χ1v) is 7.32. The van der Waals surface area contributed by atoms with Crippen LogP contribution >= 0.6 is 15.9 Å². The van der Waals surface area contributed by atoms with Crippen LogP contribution in [0.2, 0.25) is 0 Å². The van der Waals surface area contributed by atoms with Crippen LogP contribution in [-0.4, -0.2) is 9.78 Å². The number of nitrogens with one attached hydrogen (secondary N) is 1. The van der Waals surface area contributed by atoms with E-state index in [4.69, 9.17) is 5.26 Å². The summed E-state index contributed by atoms with van der Waals surface area (Å²) in [5.74, 6) is 0. The number of hydrogen-bond donors (Lipinski definition) is 1. The molecule has 21 heavy (non-hydrogen) atoms. The second kappa shape index (κ2) is 5.58. The summed E-state index contributed by atoms with van der Waals surface area (Å²) < 4.78 is 2.77. The lowest BCUT2D eigenvalue weighted by molar-refractivity contribution is 0.771. The number of nitrogens with zero attached hydrogens (tertiary/aromatic N) is 3. The lowest BCUT2D eigenvalue weighted by Crippen LogP contribution is -2.02.